The third-order valence-electron chi connectivity index (χ3n) is 2.95. The van der Waals surface area contributed by atoms with Crippen molar-refractivity contribution in [3.05, 3.63) is 41.5 Å². The molecule has 0 saturated heterocycles. The lowest BCUT2D eigenvalue weighted by Gasteiger charge is -2.20. The minimum atomic E-state index is -1.04. The topological polar surface area (TPSA) is 80.9 Å². The average molecular weight is 274 g/mol. The zero-order chi connectivity index (χ0) is 14.8. The zero-order valence-electron chi connectivity index (χ0n) is 11.9. The summed E-state index contributed by atoms with van der Waals surface area (Å²) in [5.74, 6) is -1.04. The van der Waals surface area contributed by atoms with E-state index in [1.807, 2.05) is 39.0 Å². The molecule has 106 valence electrons. The Morgan fingerprint density at radius 2 is 2.10 bits per heavy atom. The van der Waals surface area contributed by atoms with Crippen molar-refractivity contribution in [3.63, 3.8) is 0 Å². The number of rotatable bonds is 4. The minimum Gasteiger partial charge on any atom is -0.476 e. The van der Waals surface area contributed by atoms with Crippen molar-refractivity contribution in [3.8, 4) is 0 Å². The number of aromatic nitrogens is 4. The molecule has 0 spiro atoms. The van der Waals surface area contributed by atoms with Gasteiger partial charge in [-0.3, -0.25) is 4.98 Å². The Morgan fingerprint density at radius 1 is 1.35 bits per heavy atom. The fourth-order valence-electron chi connectivity index (χ4n) is 2.12. The summed E-state index contributed by atoms with van der Waals surface area (Å²) >= 11 is 0. The predicted molar refractivity (Wildman–Crippen MR) is 73.6 cm³/mol. The Labute approximate surface area is 117 Å². The lowest BCUT2D eigenvalue weighted by Crippen LogP contribution is -2.22. The molecule has 0 atom stereocenters. The molecule has 20 heavy (non-hydrogen) atoms. The van der Waals surface area contributed by atoms with E-state index in [1.54, 1.807) is 10.9 Å². The lowest BCUT2D eigenvalue weighted by molar-refractivity contribution is 0.0687. The molecule has 6 heteroatoms. The fourth-order valence-corrected chi connectivity index (χ4v) is 2.12. The maximum atomic E-state index is 11.2. The summed E-state index contributed by atoms with van der Waals surface area (Å²) in [4.78, 5) is 15.5. The molecule has 2 heterocycles. The second kappa shape index (κ2) is 5.40. The Hall–Kier alpha value is -2.24. The first-order valence-corrected chi connectivity index (χ1v) is 6.47. The molecule has 0 amide bonds. The number of hydrogen-bond acceptors (Lipinski definition) is 4. The highest BCUT2D eigenvalue weighted by Crippen LogP contribution is 2.24. The molecule has 0 aliphatic carbocycles. The van der Waals surface area contributed by atoms with E-state index in [-0.39, 0.29) is 11.1 Å². The highest BCUT2D eigenvalue weighted by Gasteiger charge is 2.28. The molecule has 0 aromatic carbocycles. The van der Waals surface area contributed by atoms with Crippen LogP contribution in [-0.4, -0.2) is 31.1 Å². The lowest BCUT2D eigenvalue weighted by atomic mass is 9.90. The van der Waals surface area contributed by atoms with Crippen molar-refractivity contribution in [2.24, 2.45) is 0 Å². The van der Waals surface area contributed by atoms with E-state index in [2.05, 4.69) is 15.3 Å². The smallest absolute Gasteiger partial charge is 0.358 e. The van der Waals surface area contributed by atoms with E-state index in [0.717, 1.165) is 5.69 Å². The van der Waals surface area contributed by atoms with E-state index in [4.69, 9.17) is 0 Å². The molecule has 2 rings (SSSR count). The highest BCUT2D eigenvalue weighted by molar-refractivity contribution is 5.86. The SMILES string of the molecule is CC(C)(C)c1c(C(=O)O)nnn1CCc1ccccn1. The van der Waals surface area contributed by atoms with Crippen molar-refractivity contribution in [1.29, 1.82) is 0 Å². The summed E-state index contributed by atoms with van der Waals surface area (Å²) in [5, 5.41) is 17.0. The van der Waals surface area contributed by atoms with Crippen LogP contribution >= 0.6 is 0 Å². The molecule has 2 aromatic heterocycles. The summed E-state index contributed by atoms with van der Waals surface area (Å²) in [7, 11) is 0. The highest BCUT2D eigenvalue weighted by atomic mass is 16.4. The number of carbonyl (C=O) groups is 1. The zero-order valence-corrected chi connectivity index (χ0v) is 11.9. The molecule has 0 bridgehead atoms. The monoisotopic (exact) mass is 274 g/mol. The van der Waals surface area contributed by atoms with Gasteiger partial charge in [0.05, 0.1) is 5.69 Å². The third-order valence-corrected chi connectivity index (χ3v) is 2.95. The van der Waals surface area contributed by atoms with E-state index in [1.165, 1.54) is 0 Å². The van der Waals surface area contributed by atoms with Gasteiger partial charge in [0.15, 0.2) is 5.69 Å². The molecule has 0 aliphatic rings. The van der Waals surface area contributed by atoms with Crippen molar-refractivity contribution in [2.45, 2.75) is 39.2 Å². The third kappa shape index (κ3) is 3.01. The van der Waals surface area contributed by atoms with E-state index in [0.29, 0.717) is 18.7 Å². The van der Waals surface area contributed by atoms with Gasteiger partial charge in [0.1, 0.15) is 0 Å². The Morgan fingerprint density at radius 3 is 2.65 bits per heavy atom. The summed E-state index contributed by atoms with van der Waals surface area (Å²) in [6.07, 6.45) is 2.43. The predicted octanol–water partition coefficient (Wildman–Crippen LogP) is 1.91. The van der Waals surface area contributed by atoms with Gasteiger partial charge in [0.2, 0.25) is 0 Å². The molecule has 0 fully saturated rings. The minimum absolute atomic E-state index is 0.0264. The van der Waals surface area contributed by atoms with Crippen molar-refractivity contribution in [2.75, 3.05) is 0 Å². The number of aromatic carboxylic acids is 1. The van der Waals surface area contributed by atoms with Gasteiger partial charge < -0.3 is 5.11 Å². The number of carboxylic acid groups (broad SMARTS) is 1. The standard InChI is InChI=1S/C14H18N4O2/c1-14(2,3)12-11(13(19)20)16-17-18(12)9-7-10-6-4-5-8-15-10/h4-6,8H,7,9H2,1-3H3,(H,19,20). The second-order valence-electron chi connectivity index (χ2n) is 5.64. The van der Waals surface area contributed by atoms with Gasteiger partial charge in [-0.15, -0.1) is 5.10 Å². The summed E-state index contributed by atoms with van der Waals surface area (Å²) in [6.45, 7) is 6.42. The number of nitrogens with zero attached hydrogens (tertiary/aromatic N) is 4. The van der Waals surface area contributed by atoms with Gasteiger partial charge in [-0.1, -0.05) is 32.1 Å². The summed E-state index contributed by atoms with van der Waals surface area (Å²) in [5.41, 5.74) is 1.28. The number of hydrogen-bond donors (Lipinski definition) is 1. The molecule has 2 aromatic rings. The van der Waals surface area contributed by atoms with Crippen molar-refractivity contribution in [1.82, 2.24) is 20.0 Å². The normalized spacial score (nSPS) is 11.6. The van der Waals surface area contributed by atoms with E-state index < -0.39 is 5.97 Å². The number of pyridine rings is 1. The second-order valence-corrected chi connectivity index (χ2v) is 5.64. The molecule has 6 nitrogen and oxygen atoms in total. The van der Waals surface area contributed by atoms with Crippen LogP contribution in [-0.2, 0) is 18.4 Å². The first-order valence-electron chi connectivity index (χ1n) is 6.47. The van der Waals surface area contributed by atoms with Crippen LogP contribution in [0.5, 0.6) is 0 Å². The van der Waals surface area contributed by atoms with Crippen LogP contribution in [0.4, 0.5) is 0 Å². The van der Waals surface area contributed by atoms with Gasteiger partial charge in [0.25, 0.3) is 0 Å². The number of carboxylic acids is 1. The maximum Gasteiger partial charge on any atom is 0.358 e. The Kier molecular flexibility index (Phi) is 3.83. The first kappa shape index (κ1) is 14.2. The van der Waals surface area contributed by atoms with Crippen LogP contribution in [0.2, 0.25) is 0 Å². The van der Waals surface area contributed by atoms with Gasteiger partial charge in [-0.2, -0.15) is 0 Å². The van der Waals surface area contributed by atoms with E-state index >= 15 is 0 Å². The fraction of sp³-hybridized carbons (Fsp3) is 0.429. The van der Waals surface area contributed by atoms with Gasteiger partial charge in [-0.05, 0) is 12.1 Å². The largest absolute Gasteiger partial charge is 0.476 e. The van der Waals surface area contributed by atoms with Crippen molar-refractivity contribution >= 4 is 5.97 Å². The van der Waals surface area contributed by atoms with Crippen LogP contribution in [0.15, 0.2) is 24.4 Å². The van der Waals surface area contributed by atoms with Crippen LogP contribution in [0.25, 0.3) is 0 Å². The Balaban J connectivity index is 2.26. The molecule has 0 radical (unpaired) electrons. The van der Waals surface area contributed by atoms with E-state index in [9.17, 15) is 9.90 Å². The van der Waals surface area contributed by atoms with Gasteiger partial charge in [0, 0.05) is 30.3 Å². The van der Waals surface area contributed by atoms with Gasteiger partial charge in [-0.25, -0.2) is 9.48 Å². The quantitative estimate of drug-likeness (QED) is 0.921. The first-order chi connectivity index (χ1) is 9.39. The summed E-state index contributed by atoms with van der Waals surface area (Å²) < 4.78 is 1.66. The number of aryl methyl sites for hydroxylation is 2. The van der Waals surface area contributed by atoms with Crippen LogP contribution in [0.1, 0.15) is 42.6 Å². The van der Waals surface area contributed by atoms with Crippen LogP contribution in [0.3, 0.4) is 0 Å². The molecule has 1 N–H and O–H groups in total. The van der Waals surface area contributed by atoms with Crippen LogP contribution < -0.4 is 0 Å². The summed E-state index contributed by atoms with van der Waals surface area (Å²) in [6, 6.07) is 5.73. The molecular formula is C14H18N4O2. The molecule has 0 saturated carbocycles. The van der Waals surface area contributed by atoms with Crippen LogP contribution in [0, 0.1) is 0 Å². The Bertz CT molecular complexity index is 599. The van der Waals surface area contributed by atoms with Gasteiger partial charge >= 0.3 is 5.97 Å². The van der Waals surface area contributed by atoms with Crippen molar-refractivity contribution < 1.29 is 9.90 Å². The molecule has 0 unspecified atom stereocenters. The maximum absolute atomic E-state index is 11.2. The molecular weight excluding hydrogens is 256 g/mol. The molecule has 0 aliphatic heterocycles. The average Bonchev–Trinajstić information content (AvgIpc) is 2.81.